The lowest BCUT2D eigenvalue weighted by atomic mass is 10.1. The van der Waals surface area contributed by atoms with Crippen molar-refractivity contribution in [1.82, 2.24) is 4.90 Å². The van der Waals surface area contributed by atoms with Gasteiger partial charge in [0.1, 0.15) is 0 Å². The predicted octanol–water partition coefficient (Wildman–Crippen LogP) is 5.32. The van der Waals surface area contributed by atoms with Gasteiger partial charge in [0.25, 0.3) is 0 Å². The summed E-state index contributed by atoms with van der Waals surface area (Å²) in [5, 5.41) is 2.54. The van der Waals surface area contributed by atoms with Gasteiger partial charge in [-0.25, -0.2) is 0 Å². The number of nitrogen functional groups attached to an aromatic ring is 1. The maximum absolute atomic E-state index is 13.0. The minimum atomic E-state index is -4.58. The number of benzene rings is 3. The molecule has 0 aliphatic heterocycles. The Morgan fingerprint density at radius 1 is 0.871 bits per heavy atom. The Hall–Kier alpha value is -3.32. The van der Waals surface area contributed by atoms with E-state index in [4.69, 9.17) is 5.73 Å². The molecule has 7 heteroatoms. The summed E-state index contributed by atoms with van der Waals surface area (Å²) in [5.74, 6) is -0.357. The lowest BCUT2D eigenvalue weighted by Gasteiger charge is -2.22. The fraction of sp³-hybridized carbons (Fsp3) is 0.208. The highest BCUT2D eigenvalue weighted by Crippen LogP contribution is 2.35. The van der Waals surface area contributed by atoms with Crippen molar-refractivity contribution in [2.24, 2.45) is 0 Å². The fourth-order valence-corrected chi connectivity index (χ4v) is 3.26. The van der Waals surface area contributed by atoms with Crippen LogP contribution in [-0.2, 0) is 24.1 Å². The van der Waals surface area contributed by atoms with Crippen molar-refractivity contribution in [3.05, 3.63) is 95.6 Å². The van der Waals surface area contributed by atoms with Gasteiger partial charge in [0.05, 0.1) is 5.56 Å². The maximum atomic E-state index is 13.0. The van der Waals surface area contributed by atoms with Crippen LogP contribution in [0.2, 0.25) is 0 Å². The van der Waals surface area contributed by atoms with E-state index in [2.05, 4.69) is 10.2 Å². The third-order valence-corrected chi connectivity index (χ3v) is 4.80. The molecular formula is C24H24F3N3O. The van der Waals surface area contributed by atoms with Crippen LogP contribution >= 0.6 is 0 Å². The van der Waals surface area contributed by atoms with Crippen molar-refractivity contribution in [2.45, 2.75) is 25.7 Å². The van der Waals surface area contributed by atoms with Crippen LogP contribution in [0.25, 0.3) is 0 Å². The molecule has 0 atom stereocenters. The molecule has 0 aromatic heterocycles. The average molecular weight is 427 g/mol. The summed E-state index contributed by atoms with van der Waals surface area (Å²) in [6, 6.07) is 23.2. The van der Waals surface area contributed by atoms with Crippen LogP contribution in [0, 0.1) is 0 Å². The molecule has 4 nitrogen and oxygen atoms in total. The molecule has 0 aliphatic carbocycles. The van der Waals surface area contributed by atoms with Crippen molar-refractivity contribution in [1.29, 1.82) is 0 Å². The molecule has 3 N–H and O–H groups in total. The topological polar surface area (TPSA) is 58.4 Å². The van der Waals surface area contributed by atoms with E-state index in [1.165, 1.54) is 6.07 Å². The second kappa shape index (κ2) is 10.1. The molecule has 0 heterocycles. The first-order valence-corrected chi connectivity index (χ1v) is 9.88. The van der Waals surface area contributed by atoms with Gasteiger partial charge in [-0.2, -0.15) is 13.2 Å². The van der Waals surface area contributed by atoms with E-state index < -0.39 is 11.7 Å². The average Bonchev–Trinajstić information content (AvgIpc) is 2.74. The van der Waals surface area contributed by atoms with Crippen LogP contribution in [0.4, 0.5) is 24.5 Å². The lowest BCUT2D eigenvalue weighted by Crippen LogP contribution is -2.27. The van der Waals surface area contributed by atoms with Crippen molar-refractivity contribution in [3.63, 3.8) is 0 Å². The normalized spacial score (nSPS) is 11.5. The molecule has 31 heavy (non-hydrogen) atoms. The van der Waals surface area contributed by atoms with Crippen LogP contribution in [-0.4, -0.2) is 17.4 Å². The predicted molar refractivity (Wildman–Crippen MR) is 116 cm³/mol. The summed E-state index contributed by atoms with van der Waals surface area (Å²) in [6.07, 6.45) is -4.43. The monoisotopic (exact) mass is 427 g/mol. The maximum Gasteiger partial charge on any atom is 0.418 e. The van der Waals surface area contributed by atoms with E-state index in [-0.39, 0.29) is 23.7 Å². The highest BCUT2D eigenvalue weighted by atomic mass is 19.4. The minimum absolute atomic E-state index is 0.0733. The van der Waals surface area contributed by atoms with E-state index in [0.29, 0.717) is 19.6 Å². The fourth-order valence-electron chi connectivity index (χ4n) is 3.26. The van der Waals surface area contributed by atoms with Gasteiger partial charge in [-0.3, -0.25) is 9.69 Å². The molecule has 0 fully saturated rings. The zero-order valence-electron chi connectivity index (χ0n) is 16.9. The number of nitrogens with two attached hydrogens (primary N) is 1. The Morgan fingerprint density at radius 2 is 1.42 bits per heavy atom. The van der Waals surface area contributed by atoms with Crippen molar-refractivity contribution < 1.29 is 18.0 Å². The van der Waals surface area contributed by atoms with Crippen LogP contribution in [0.15, 0.2) is 78.9 Å². The number of nitrogens with one attached hydrogen (secondary N) is 1. The van der Waals surface area contributed by atoms with Gasteiger partial charge in [-0.05, 0) is 29.3 Å². The third kappa shape index (κ3) is 6.86. The quantitative estimate of drug-likeness (QED) is 0.479. The van der Waals surface area contributed by atoms with Crippen LogP contribution in [0.5, 0.6) is 0 Å². The van der Waals surface area contributed by atoms with E-state index in [1.54, 1.807) is 0 Å². The highest BCUT2D eigenvalue weighted by Gasteiger charge is 2.33. The number of hydrogen-bond acceptors (Lipinski definition) is 3. The van der Waals surface area contributed by atoms with Crippen molar-refractivity contribution >= 4 is 17.3 Å². The Kier molecular flexibility index (Phi) is 7.31. The van der Waals surface area contributed by atoms with Crippen LogP contribution in [0.3, 0.4) is 0 Å². The summed E-state index contributed by atoms with van der Waals surface area (Å²) < 4.78 is 39.1. The van der Waals surface area contributed by atoms with E-state index >= 15 is 0 Å². The zero-order valence-corrected chi connectivity index (χ0v) is 16.9. The molecule has 0 aliphatic rings. The molecule has 0 saturated carbocycles. The molecule has 0 spiro atoms. The second-order valence-corrected chi connectivity index (χ2v) is 7.28. The molecule has 0 unspecified atom stereocenters. The summed E-state index contributed by atoms with van der Waals surface area (Å²) in [6.45, 7) is 1.77. The number of hydrogen-bond donors (Lipinski definition) is 2. The highest BCUT2D eigenvalue weighted by molar-refractivity contribution is 5.91. The Balaban J connectivity index is 1.64. The Labute approximate surface area is 179 Å². The molecule has 3 aromatic rings. The van der Waals surface area contributed by atoms with Gasteiger partial charge in [-0.15, -0.1) is 0 Å². The molecule has 1 amide bonds. The van der Waals surface area contributed by atoms with E-state index in [9.17, 15) is 18.0 Å². The summed E-state index contributed by atoms with van der Waals surface area (Å²) in [7, 11) is 0. The number of amides is 1. The molecule has 0 saturated heterocycles. The van der Waals surface area contributed by atoms with Gasteiger partial charge < -0.3 is 11.1 Å². The number of halogens is 3. The minimum Gasteiger partial charge on any atom is -0.398 e. The largest absolute Gasteiger partial charge is 0.418 e. The van der Waals surface area contributed by atoms with Gasteiger partial charge in [-0.1, -0.05) is 60.7 Å². The first-order chi connectivity index (χ1) is 14.8. The standard InChI is InChI=1S/C24H24F3N3O/c25-24(26,27)21-15-20(11-12-22(21)28)29-23(31)13-14-30(16-18-7-3-1-4-8-18)17-19-9-5-2-6-10-19/h1-12,15H,13-14,16-17,28H2,(H,29,31). The molecule has 3 rings (SSSR count). The molecule has 162 valence electrons. The molecule has 0 radical (unpaired) electrons. The van der Waals surface area contributed by atoms with Crippen molar-refractivity contribution in [2.75, 3.05) is 17.6 Å². The SMILES string of the molecule is Nc1ccc(NC(=O)CCN(Cc2ccccc2)Cc2ccccc2)cc1C(F)(F)F. The number of nitrogens with zero attached hydrogens (tertiary/aromatic N) is 1. The van der Waals surface area contributed by atoms with Crippen LogP contribution < -0.4 is 11.1 Å². The zero-order chi connectivity index (χ0) is 22.3. The van der Waals surface area contributed by atoms with Crippen molar-refractivity contribution in [3.8, 4) is 0 Å². The number of alkyl halides is 3. The lowest BCUT2D eigenvalue weighted by molar-refractivity contribution is -0.136. The van der Waals surface area contributed by atoms with Gasteiger partial charge in [0.15, 0.2) is 0 Å². The van der Waals surface area contributed by atoms with E-state index in [1.807, 2.05) is 60.7 Å². The number of anilines is 2. The molecule has 0 bridgehead atoms. The Bertz CT molecular complexity index is 950. The summed E-state index contributed by atoms with van der Waals surface area (Å²) >= 11 is 0. The van der Waals surface area contributed by atoms with Gasteiger partial charge in [0.2, 0.25) is 5.91 Å². The first-order valence-electron chi connectivity index (χ1n) is 9.88. The summed E-state index contributed by atoms with van der Waals surface area (Å²) in [4.78, 5) is 14.6. The molecular weight excluding hydrogens is 403 g/mol. The first kappa shape index (κ1) is 22.4. The van der Waals surface area contributed by atoms with Crippen LogP contribution in [0.1, 0.15) is 23.1 Å². The van der Waals surface area contributed by atoms with Gasteiger partial charge in [0, 0.05) is 37.4 Å². The number of carbonyl (C=O) groups excluding carboxylic acids is 1. The smallest absolute Gasteiger partial charge is 0.398 e. The third-order valence-electron chi connectivity index (χ3n) is 4.80. The second-order valence-electron chi connectivity index (χ2n) is 7.28. The molecule has 3 aromatic carbocycles. The summed E-state index contributed by atoms with van der Waals surface area (Å²) in [5.41, 5.74) is 6.39. The number of rotatable bonds is 8. The number of carbonyl (C=O) groups is 1. The van der Waals surface area contributed by atoms with E-state index in [0.717, 1.165) is 23.3 Å². The Morgan fingerprint density at radius 3 is 1.94 bits per heavy atom. The van der Waals surface area contributed by atoms with Gasteiger partial charge >= 0.3 is 6.18 Å².